The smallest absolute Gasteiger partial charge is 0.0407 e. The SMILES string of the molecule is CC1(C)CCC2(CCN(c3ccc(Cl)cc3)CC2)C1. The van der Waals surface area contributed by atoms with E-state index < -0.39 is 0 Å². The molecule has 1 aliphatic heterocycles. The second-order valence-corrected chi connectivity index (χ2v) is 7.74. The summed E-state index contributed by atoms with van der Waals surface area (Å²) < 4.78 is 0. The largest absolute Gasteiger partial charge is 0.371 e. The van der Waals surface area contributed by atoms with Gasteiger partial charge in [0.15, 0.2) is 0 Å². The lowest BCUT2D eigenvalue weighted by molar-refractivity contribution is 0.199. The molecule has 1 nitrogen and oxygen atoms in total. The van der Waals surface area contributed by atoms with Crippen molar-refractivity contribution in [1.29, 1.82) is 0 Å². The molecule has 0 aromatic heterocycles. The molecule has 3 rings (SSSR count). The molecule has 1 aromatic carbocycles. The van der Waals surface area contributed by atoms with Gasteiger partial charge in [0.1, 0.15) is 0 Å². The molecule has 104 valence electrons. The Hall–Kier alpha value is -0.690. The number of rotatable bonds is 1. The highest BCUT2D eigenvalue weighted by molar-refractivity contribution is 6.30. The van der Waals surface area contributed by atoms with Crippen LogP contribution in [0.5, 0.6) is 0 Å². The van der Waals surface area contributed by atoms with Gasteiger partial charge in [-0.05, 0) is 67.2 Å². The average molecular weight is 278 g/mol. The molecular formula is C17H24ClN. The highest BCUT2D eigenvalue weighted by Crippen LogP contribution is 2.54. The Morgan fingerprint density at radius 1 is 0.947 bits per heavy atom. The van der Waals surface area contributed by atoms with Crippen LogP contribution in [0.3, 0.4) is 0 Å². The Bertz CT molecular complexity index is 441. The molecular weight excluding hydrogens is 254 g/mol. The van der Waals surface area contributed by atoms with Crippen LogP contribution < -0.4 is 4.90 Å². The lowest BCUT2D eigenvalue weighted by Crippen LogP contribution is -2.39. The van der Waals surface area contributed by atoms with Crippen molar-refractivity contribution in [2.24, 2.45) is 10.8 Å². The van der Waals surface area contributed by atoms with Gasteiger partial charge in [-0.25, -0.2) is 0 Å². The highest BCUT2D eigenvalue weighted by Gasteiger charge is 2.44. The van der Waals surface area contributed by atoms with E-state index in [1.165, 1.54) is 50.9 Å². The lowest BCUT2D eigenvalue weighted by Gasteiger charge is -2.41. The van der Waals surface area contributed by atoms with Crippen molar-refractivity contribution in [3.63, 3.8) is 0 Å². The number of hydrogen-bond donors (Lipinski definition) is 0. The second-order valence-electron chi connectivity index (χ2n) is 7.30. The first-order valence-electron chi connectivity index (χ1n) is 7.49. The minimum Gasteiger partial charge on any atom is -0.371 e. The van der Waals surface area contributed by atoms with Crippen molar-refractivity contribution in [3.8, 4) is 0 Å². The molecule has 1 aromatic rings. The zero-order valence-corrected chi connectivity index (χ0v) is 12.8. The first-order chi connectivity index (χ1) is 8.98. The van der Waals surface area contributed by atoms with Crippen LogP contribution in [0.4, 0.5) is 5.69 Å². The van der Waals surface area contributed by atoms with Gasteiger partial charge in [-0.1, -0.05) is 25.4 Å². The molecule has 2 heteroatoms. The molecule has 19 heavy (non-hydrogen) atoms. The van der Waals surface area contributed by atoms with Gasteiger partial charge >= 0.3 is 0 Å². The van der Waals surface area contributed by atoms with E-state index in [0.29, 0.717) is 10.8 Å². The number of hydrogen-bond acceptors (Lipinski definition) is 1. The molecule has 1 aliphatic carbocycles. The summed E-state index contributed by atoms with van der Waals surface area (Å²) in [5.74, 6) is 0. The van der Waals surface area contributed by atoms with E-state index in [-0.39, 0.29) is 0 Å². The van der Waals surface area contributed by atoms with Gasteiger partial charge < -0.3 is 4.90 Å². The molecule has 2 aliphatic rings. The Labute approximate surface area is 121 Å². The fourth-order valence-electron chi connectivity index (χ4n) is 4.11. The third-order valence-corrected chi connectivity index (χ3v) is 5.45. The summed E-state index contributed by atoms with van der Waals surface area (Å²) in [6.45, 7) is 7.29. The normalized spacial score (nSPS) is 24.9. The zero-order chi connectivity index (χ0) is 13.5. The second kappa shape index (κ2) is 4.70. The Balaban J connectivity index is 1.65. The molecule has 0 unspecified atom stereocenters. The minimum atomic E-state index is 0.572. The van der Waals surface area contributed by atoms with Crippen LogP contribution in [0.15, 0.2) is 24.3 Å². The summed E-state index contributed by atoms with van der Waals surface area (Å²) in [5, 5.41) is 0.828. The van der Waals surface area contributed by atoms with Gasteiger partial charge in [0, 0.05) is 23.8 Å². The van der Waals surface area contributed by atoms with E-state index in [4.69, 9.17) is 11.6 Å². The summed E-state index contributed by atoms with van der Waals surface area (Å²) in [7, 11) is 0. The summed E-state index contributed by atoms with van der Waals surface area (Å²) in [6, 6.07) is 8.30. The summed E-state index contributed by atoms with van der Waals surface area (Å²) in [6.07, 6.45) is 7.00. The molecule has 1 saturated heterocycles. The first-order valence-corrected chi connectivity index (χ1v) is 7.87. The van der Waals surface area contributed by atoms with Crippen molar-refractivity contribution >= 4 is 17.3 Å². The summed E-state index contributed by atoms with van der Waals surface area (Å²) >= 11 is 5.96. The van der Waals surface area contributed by atoms with E-state index in [0.717, 1.165) is 5.02 Å². The minimum absolute atomic E-state index is 0.572. The van der Waals surface area contributed by atoms with Gasteiger partial charge in [-0.15, -0.1) is 0 Å². The molecule has 1 spiro atoms. The van der Waals surface area contributed by atoms with E-state index in [1.807, 2.05) is 12.1 Å². The van der Waals surface area contributed by atoms with Crippen molar-refractivity contribution in [2.75, 3.05) is 18.0 Å². The Morgan fingerprint density at radius 2 is 1.58 bits per heavy atom. The van der Waals surface area contributed by atoms with Gasteiger partial charge in [-0.2, -0.15) is 0 Å². The molecule has 0 atom stereocenters. The fraction of sp³-hybridized carbons (Fsp3) is 0.647. The van der Waals surface area contributed by atoms with Crippen molar-refractivity contribution in [2.45, 2.75) is 46.0 Å². The maximum atomic E-state index is 5.96. The molecule has 0 N–H and O–H groups in total. The van der Waals surface area contributed by atoms with E-state index >= 15 is 0 Å². The fourth-order valence-corrected chi connectivity index (χ4v) is 4.24. The van der Waals surface area contributed by atoms with Crippen molar-refractivity contribution in [3.05, 3.63) is 29.3 Å². The molecule has 1 saturated carbocycles. The van der Waals surface area contributed by atoms with Crippen LogP contribution in [0, 0.1) is 10.8 Å². The molecule has 0 bridgehead atoms. The van der Waals surface area contributed by atoms with Crippen molar-refractivity contribution in [1.82, 2.24) is 0 Å². The topological polar surface area (TPSA) is 3.24 Å². The third kappa shape index (κ3) is 2.76. The van der Waals surface area contributed by atoms with Crippen molar-refractivity contribution < 1.29 is 0 Å². The number of halogens is 1. The highest BCUT2D eigenvalue weighted by atomic mass is 35.5. The monoisotopic (exact) mass is 277 g/mol. The predicted octanol–water partition coefficient (Wildman–Crippen LogP) is 5.14. The molecule has 0 radical (unpaired) electrons. The van der Waals surface area contributed by atoms with Gasteiger partial charge in [0.05, 0.1) is 0 Å². The summed E-state index contributed by atoms with van der Waals surface area (Å²) in [4.78, 5) is 2.52. The molecule has 0 amide bonds. The van der Waals surface area contributed by atoms with Gasteiger partial charge in [-0.3, -0.25) is 0 Å². The van der Waals surface area contributed by atoms with Crippen LogP contribution in [0.1, 0.15) is 46.0 Å². The first kappa shape index (κ1) is 13.3. The van der Waals surface area contributed by atoms with Gasteiger partial charge in [0.2, 0.25) is 0 Å². The lowest BCUT2D eigenvalue weighted by atomic mass is 9.74. The van der Waals surface area contributed by atoms with Crippen LogP contribution in [0.2, 0.25) is 5.02 Å². The zero-order valence-electron chi connectivity index (χ0n) is 12.1. The maximum absolute atomic E-state index is 5.96. The van der Waals surface area contributed by atoms with E-state index in [2.05, 4.69) is 30.9 Å². The Morgan fingerprint density at radius 3 is 2.11 bits per heavy atom. The quantitative estimate of drug-likeness (QED) is 0.687. The standard InChI is InChI=1S/C17H24ClN/c1-16(2)7-8-17(13-16)9-11-19(12-10-17)15-5-3-14(18)4-6-15/h3-6H,7-13H2,1-2H3. The van der Waals surface area contributed by atoms with Crippen LogP contribution >= 0.6 is 11.6 Å². The van der Waals surface area contributed by atoms with Crippen LogP contribution in [-0.4, -0.2) is 13.1 Å². The maximum Gasteiger partial charge on any atom is 0.0407 e. The van der Waals surface area contributed by atoms with E-state index in [1.54, 1.807) is 0 Å². The predicted molar refractivity (Wildman–Crippen MR) is 83.0 cm³/mol. The summed E-state index contributed by atoms with van der Waals surface area (Å²) in [5.41, 5.74) is 2.55. The molecule has 2 fully saturated rings. The number of nitrogens with zero attached hydrogens (tertiary/aromatic N) is 1. The number of anilines is 1. The average Bonchev–Trinajstić information content (AvgIpc) is 2.67. The van der Waals surface area contributed by atoms with Gasteiger partial charge in [0.25, 0.3) is 0 Å². The number of benzene rings is 1. The van der Waals surface area contributed by atoms with E-state index in [9.17, 15) is 0 Å². The van der Waals surface area contributed by atoms with Crippen LogP contribution in [0.25, 0.3) is 0 Å². The van der Waals surface area contributed by atoms with Crippen LogP contribution in [-0.2, 0) is 0 Å². The molecule has 1 heterocycles. The number of piperidine rings is 1. The Kier molecular flexibility index (Phi) is 3.29. The third-order valence-electron chi connectivity index (χ3n) is 5.20.